The lowest BCUT2D eigenvalue weighted by Gasteiger charge is -2.11. The first kappa shape index (κ1) is 16.8. The molecule has 0 radical (unpaired) electrons. The minimum atomic E-state index is -0.124. The van der Waals surface area contributed by atoms with E-state index in [0.717, 1.165) is 22.8 Å². The molecule has 27 heavy (non-hydrogen) atoms. The molecule has 0 atom stereocenters. The molecule has 1 aliphatic heterocycles. The summed E-state index contributed by atoms with van der Waals surface area (Å²) in [6.45, 7) is 1.85. The number of ether oxygens (including phenoxy) is 1. The van der Waals surface area contributed by atoms with Crippen molar-refractivity contribution < 1.29 is 9.53 Å². The first-order chi connectivity index (χ1) is 13.2. The average Bonchev–Trinajstić information content (AvgIpc) is 3.29. The van der Waals surface area contributed by atoms with E-state index >= 15 is 0 Å². The maximum atomic E-state index is 12.9. The van der Waals surface area contributed by atoms with Gasteiger partial charge in [-0.05, 0) is 61.5 Å². The largest absolute Gasteiger partial charge is 0.497 e. The molecule has 2 aromatic carbocycles. The first-order valence-electron chi connectivity index (χ1n) is 8.66. The number of carbonyl (C=O) groups is 1. The van der Waals surface area contributed by atoms with Crippen molar-refractivity contribution in [2.75, 3.05) is 12.1 Å². The van der Waals surface area contributed by atoms with E-state index in [1.54, 1.807) is 7.11 Å². The molecule has 0 spiro atoms. The summed E-state index contributed by atoms with van der Waals surface area (Å²) in [7, 11) is 1.65. The Hall–Kier alpha value is -3.60. The summed E-state index contributed by atoms with van der Waals surface area (Å²) < 4.78 is 7.25. The molecule has 1 aromatic heterocycles. The van der Waals surface area contributed by atoms with E-state index in [-0.39, 0.29) is 5.91 Å². The molecule has 5 heteroatoms. The number of hydrogen-bond acceptors (Lipinski definition) is 3. The number of nitrogens with zero attached hydrogens (tertiary/aromatic N) is 3. The smallest absolute Gasteiger partial charge is 0.280 e. The maximum Gasteiger partial charge on any atom is 0.280 e. The third-order valence-corrected chi connectivity index (χ3v) is 4.49. The topological polar surface area (TPSA) is 46.8 Å². The molecule has 0 aliphatic carbocycles. The van der Waals surface area contributed by atoms with Crippen LogP contribution in [0.2, 0.25) is 0 Å². The highest BCUT2D eigenvalue weighted by Gasteiger charge is 2.28. The number of hydrogen-bond donors (Lipinski definition) is 0. The van der Waals surface area contributed by atoms with Gasteiger partial charge in [0.2, 0.25) is 0 Å². The molecule has 0 saturated carbocycles. The molecule has 2 heterocycles. The Labute approximate surface area is 157 Å². The van der Waals surface area contributed by atoms with E-state index in [1.165, 1.54) is 5.01 Å². The second kappa shape index (κ2) is 6.96. The Morgan fingerprint density at radius 1 is 0.926 bits per heavy atom. The van der Waals surface area contributed by atoms with Gasteiger partial charge in [0, 0.05) is 17.6 Å². The second-order valence-electron chi connectivity index (χ2n) is 6.20. The molecule has 1 aliphatic rings. The van der Waals surface area contributed by atoms with Crippen molar-refractivity contribution in [2.24, 2.45) is 5.10 Å². The molecule has 0 N–H and O–H groups in total. The number of rotatable bonds is 4. The minimum absolute atomic E-state index is 0.124. The fraction of sp³-hybridized carbons (Fsp3) is 0.0909. The van der Waals surface area contributed by atoms with Gasteiger partial charge in [-0.15, -0.1) is 0 Å². The van der Waals surface area contributed by atoms with Crippen LogP contribution in [0.4, 0.5) is 5.69 Å². The van der Waals surface area contributed by atoms with Crippen LogP contribution in [0.25, 0.3) is 11.8 Å². The Balaban J connectivity index is 1.68. The molecule has 4 rings (SSSR count). The van der Waals surface area contributed by atoms with Crippen LogP contribution in [0.3, 0.4) is 0 Å². The molecule has 3 aromatic rings. The lowest BCUT2D eigenvalue weighted by molar-refractivity contribution is -0.114. The number of para-hydroxylation sites is 1. The van der Waals surface area contributed by atoms with Gasteiger partial charge in [-0.3, -0.25) is 4.79 Å². The number of anilines is 1. The summed E-state index contributed by atoms with van der Waals surface area (Å²) >= 11 is 0. The lowest BCUT2D eigenvalue weighted by atomic mass is 10.1. The molecule has 0 unspecified atom stereocenters. The van der Waals surface area contributed by atoms with Gasteiger partial charge in [-0.25, -0.2) is 0 Å². The number of amides is 1. The van der Waals surface area contributed by atoms with E-state index in [4.69, 9.17) is 4.74 Å². The van der Waals surface area contributed by atoms with Gasteiger partial charge in [-0.2, -0.15) is 10.1 Å². The number of aromatic nitrogens is 1. The Morgan fingerprint density at radius 2 is 1.67 bits per heavy atom. The second-order valence-corrected chi connectivity index (χ2v) is 6.20. The molecule has 134 valence electrons. The van der Waals surface area contributed by atoms with E-state index in [0.29, 0.717) is 11.3 Å². The standard InChI is InChI=1S/C22H19N3O2/c1-16-21(22(26)25(23-16)18-7-4-3-5-8-18)15-19-9-6-14-24(19)17-10-12-20(27-2)13-11-17/h3-15H,1-2H3. The highest BCUT2D eigenvalue weighted by molar-refractivity contribution is 6.32. The maximum absolute atomic E-state index is 12.9. The summed E-state index contributed by atoms with van der Waals surface area (Å²) in [4.78, 5) is 12.9. The van der Waals surface area contributed by atoms with Crippen molar-refractivity contribution in [3.8, 4) is 11.4 Å². The molecular formula is C22H19N3O2. The lowest BCUT2D eigenvalue weighted by Crippen LogP contribution is -2.21. The third-order valence-electron chi connectivity index (χ3n) is 4.49. The van der Waals surface area contributed by atoms with Crippen LogP contribution in [0, 0.1) is 0 Å². The van der Waals surface area contributed by atoms with Crippen molar-refractivity contribution in [1.29, 1.82) is 0 Å². The Kier molecular flexibility index (Phi) is 4.34. The third kappa shape index (κ3) is 3.15. The van der Waals surface area contributed by atoms with E-state index in [9.17, 15) is 4.79 Å². The zero-order chi connectivity index (χ0) is 18.8. The van der Waals surface area contributed by atoms with Crippen LogP contribution >= 0.6 is 0 Å². The van der Waals surface area contributed by atoms with E-state index in [2.05, 4.69) is 5.10 Å². The Morgan fingerprint density at radius 3 is 2.37 bits per heavy atom. The normalized spacial score (nSPS) is 15.3. The summed E-state index contributed by atoms with van der Waals surface area (Å²) in [5, 5.41) is 5.88. The van der Waals surface area contributed by atoms with Crippen LogP contribution < -0.4 is 9.75 Å². The van der Waals surface area contributed by atoms with Gasteiger partial charge in [0.05, 0.1) is 24.1 Å². The van der Waals surface area contributed by atoms with Gasteiger partial charge in [0.15, 0.2) is 0 Å². The molecule has 1 amide bonds. The Bertz CT molecular complexity index is 1030. The molecular weight excluding hydrogens is 338 g/mol. The van der Waals surface area contributed by atoms with Crippen molar-refractivity contribution in [3.63, 3.8) is 0 Å². The van der Waals surface area contributed by atoms with Crippen molar-refractivity contribution in [1.82, 2.24) is 4.57 Å². The van der Waals surface area contributed by atoms with Crippen LogP contribution in [0.15, 0.2) is 83.6 Å². The summed E-state index contributed by atoms with van der Waals surface area (Å²) in [5.41, 5.74) is 3.95. The summed E-state index contributed by atoms with van der Waals surface area (Å²) in [5.74, 6) is 0.680. The summed E-state index contributed by atoms with van der Waals surface area (Å²) in [6.07, 6.45) is 3.85. The quantitative estimate of drug-likeness (QED) is 0.654. The monoisotopic (exact) mass is 357 g/mol. The van der Waals surface area contributed by atoms with Crippen molar-refractivity contribution in [3.05, 3.63) is 84.2 Å². The zero-order valence-electron chi connectivity index (χ0n) is 15.2. The summed E-state index contributed by atoms with van der Waals surface area (Å²) in [6, 6.07) is 21.2. The zero-order valence-corrected chi connectivity index (χ0v) is 15.2. The van der Waals surface area contributed by atoms with Gasteiger partial charge < -0.3 is 9.30 Å². The molecule has 0 bridgehead atoms. The molecule has 0 saturated heterocycles. The molecule has 5 nitrogen and oxygen atoms in total. The van der Waals surface area contributed by atoms with Crippen molar-refractivity contribution >= 4 is 23.4 Å². The van der Waals surface area contributed by atoms with Crippen LogP contribution in [-0.4, -0.2) is 23.3 Å². The highest BCUT2D eigenvalue weighted by atomic mass is 16.5. The van der Waals surface area contributed by atoms with Gasteiger partial charge in [0.25, 0.3) is 5.91 Å². The van der Waals surface area contributed by atoms with Gasteiger partial charge in [-0.1, -0.05) is 18.2 Å². The first-order valence-corrected chi connectivity index (χ1v) is 8.66. The SMILES string of the molecule is COc1ccc(-n2cccc2C=C2C(=O)N(c3ccccc3)N=C2C)cc1. The van der Waals surface area contributed by atoms with E-state index < -0.39 is 0 Å². The van der Waals surface area contributed by atoms with Crippen LogP contribution in [0.5, 0.6) is 5.75 Å². The fourth-order valence-electron chi connectivity index (χ4n) is 3.07. The van der Waals surface area contributed by atoms with E-state index in [1.807, 2.05) is 90.5 Å². The predicted octanol–water partition coefficient (Wildman–Crippen LogP) is 4.29. The van der Waals surface area contributed by atoms with Crippen LogP contribution in [-0.2, 0) is 4.79 Å². The van der Waals surface area contributed by atoms with Gasteiger partial charge in [0.1, 0.15) is 5.75 Å². The van der Waals surface area contributed by atoms with Gasteiger partial charge >= 0.3 is 0 Å². The average molecular weight is 357 g/mol. The highest BCUT2D eigenvalue weighted by Crippen LogP contribution is 2.26. The number of carbonyl (C=O) groups excluding carboxylic acids is 1. The fourth-order valence-corrected chi connectivity index (χ4v) is 3.07. The predicted molar refractivity (Wildman–Crippen MR) is 107 cm³/mol. The number of benzene rings is 2. The number of methoxy groups -OCH3 is 1. The molecule has 0 fully saturated rings. The van der Waals surface area contributed by atoms with Crippen LogP contribution in [0.1, 0.15) is 12.6 Å². The number of hydrazone groups is 1. The minimum Gasteiger partial charge on any atom is -0.497 e. The van der Waals surface area contributed by atoms with Crippen molar-refractivity contribution in [2.45, 2.75) is 6.92 Å².